The fraction of sp³-hybridized carbons (Fsp3) is 0.182. The molecular weight excluding hydrogens is 865 g/mol. The standard InChI is InChI=1S/C66H58N4O/c1-64(2,3)47-34-37-67-62(39-47)70-57-29-15-14-26-52(57)54-41-53(46-32-33-55-56(38-46)66(6,7)36-35-65(55,4)5)61(42-60(54)70)71-49-25-18-24-48(40-49)68-43-69(59-31-17-16-30-58(59)68)63-50(44-20-10-8-11-21-44)27-19-28-51(63)45-22-12-9-13-23-45/h8-34,37-42H,35-36H2,1-7H3/i8D,9D,10D,11D,12D,13D,20D,21D,22D,23D,32D,33D,38D. The van der Waals surface area contributed by atoms with E-state index in [-0.39, 0.29) is 57.0 Å². The molecule has 8 aromatic carbocycles. The van der Waals surface area contributed by atoms with Crippen LogP contribution >= 0.6 is 0 Å². The normalized spacial score (nSPS) is 16.8. The first-order valence-electron chi connectivity index (χ1n) is 30.4. The Morgan fingerprint density at radius 1 is 0.606 bits per heavy atom. The fourth-order valence-corrected chi connectivity index (χ4v) is 10.1. The number of hydrogen-bond acceptors (Lipinski definition) is 2. The summed E-state index contributed by atoms with van der Waals surface area (Å²) in [6.07, 6.45) is 6.87. The third kappa shape index (κ3) is 7.72. The van der Waals surface area contributed by atoms with Crippen LogP contribution in [0.3, 0.4) is 0 Å². The third-order valence-corrected chi connectivity index (χ3v) is 14.1. The van der Waals surface area contributed by atoms with Gasteiger partial charge >= 0.3 is 0 Å². The molecule has 0 saturated carbocycles. The quantitative estimate of drug-likeness (QED) is 0.112. The second-order valence-corrected chi connectivity index (χ2v) is 20.7. The van der Waals surface area contributed by atoms with Crippen molar-refractivity contribution in [2.24, 2.45) is 0 Å². The molecule has 1 aliphatic carbocycles. The van der Waals surface area contributed by atoms with Gasteiger partial charge in [0.2, 0.25) is 0 Å². The van der Waals surface area contributed by atoms with Crippen molar-refractivity contribution in [1.82, 2.24) is 14.1 Å². The summed E-state index contributed by atoms with van der Waals surface area (Å²) in [4.78, 5) is 4.93. The van der Waals surface area contributed by atoms with Gasteiger partial charge in [0.15, 0.2) is 0 Å². The minimum atomic E-state index is -0.593. The molecular formula is C66H58N4O. The number of hydrogen-bond donors (Lipinski definition) is 0. The molecule has 0 aliphatic heterocycles. The van der Waals surface area contributed by atoms with Crippen LogP contribution in [0.4, 0.5) is 0 Å². The second-order valence-electron chi connectivity index (χ2n) is 20.7. The van der Waals surface area contributed by atoms with Gasteiger partial charge in [-0.15, -0.1) is 0 Å². The van der Waals surface area contributed by atoms with E-state index < -0.39 is 71.3 Å². The molecule has 0 bridgehead atoms. The Hall–Kier alpha value is -8.02. The van der Waals surface area contributed by atoms with E-state index >= 15 is 0 Å². The van der Waals surface area contributed by atoms with Gasteiger partial charge in [-0.05, 0) is 116 Å². The van der Waals surface area contributed by atoms with E-state index in [0.29, 0.717) is 39.6 Å². The van der Waals surface area contributed by atoms with E-state index in [1.165, 1.54) is 0 Å². The van der Waals surface area contributed by atoms with Crippen molar-refractivity contribution in [3.63, 3.8) is 0 Å². The molecule has 5 heteroatoms. The molecule has 348 valence electrons. The Bertz CT molecular complexity index is 4480. The van der Waals surface area contributed by atoms with E-state index in [1.807, 2.05) is 72.9 Å². The highest BCUT2D eigenvalue weighted by Crippen LogP contribution is 2.49. The van der Waals surface area contributed by atoms with Crippen LogP contribution in [0.25, 0.3) is 83.4 Å². The van der Waals surface area contributed by atoms with Gasteiger partial charge in [0.25, 0.3) is 6.33 Å². The summed E-state index contributed by atoms with van der Waals surface area (Å²) in [6, 6.07) is 30.0. The first-order valence-corrected chi connectivity index (χ1v) is 23.9. The van der Waals surface area contributed by atoms with E-state index in [4.69, 9.17) is 23.4 Å². The maximum atomic E-state index is 10.2. The van der Waals surface area contributed by atoms with Crippen LogP contribution in [0.1, 0.15) is 95.8 Å². The van der Waals surface area contributed by atoms with Crippen LogP contribution in [-0.4, -0.2) is 14.1 Å². The van der Waals surface area contributed by atoms with Gasteiger partial charge in [-0.1, -0.05) is 194 Å². The number of para-hydroxylation sites is 4. The van der Waals surface area contributed by atoms with Crippen LogP contribution in [0.2, 0.25) is 0 Å². The van der Waals surface area contributed by atoms with Crippen molar-refractivity contribution < 1.29 is 27.1 Å². The van der Waals surface area contributed by atoms with Crippen molar-refractivity contribution in [2.45, 2.75) is 77.6 Å². The third-order valence-electron chi connectivity index (χ3n) is 14.1. The van der Waals surface area contributed by atoms with Crippen molar-refractivity contribution >= 4 is 32.8 Å². The smallest absolute Gasteiger partial charge is 0.269 e. The summed E-state index contributed by atoms with van der Waals surface area (Å²) in [5.74, 6) is 1.36. The lowest BCUT2D eigenvalue weighted by Crippen LogP contribution is -2.33. The molecule has 0 amide bonds. The highest BCUT2D eigenvalue weighted by Gasteiger charge is 2.37. The molecule has 0 spiro atoms. The lowest BCUT2D eigenvalue weighted by Gasteiger charge is -2.42. The van der Waals surface area contributed by atoms with Crippen molar-refractivity contribution in [3.8, 4) is 62.1 Å². The van der Waals surface area contributed by atoms with Gasteiger partial charge in [0.05, 0.1) is 51.3 Å². The van der Waals surface area contributed by atoms with Gasteiger partial charge < -0.3 is 4.74 Å². The van der Waals surface area contributed by atoms with Crippen LogP contribution in [0.5, 0.6) is 11.5 Å². The first-order chi connectivity index (χ1) is 39.7. The molecule has 0 N–H and O–H groups in total. The Kier molecular flexibility index (Phi) is 7.59. The largest absolute Gasteiger partial charge is 0.457 e. The molecule has 3 heterocycles. The Morgan fingerprint density at radius 2 is 1.27 bits per heavy atom. The minimum Gasteiger partial charge on any atom is -0.457 e. The average molecular weight is 936 g/mol. The molecule has 0 atom stereocenters. The number of ether oxygens (including phenoxy) is 1. The number of fused-ring (bicyclic) bond motifs is 5. The summed E-state index contributed by atoms with van der Waals surface area (Å²) in [6.45, 7) is 14.9. The van der Waals surface area contributed by atoms with Gasteiger partial charge in [-0.3, -0.25) is 13.7 Å². The van der Waals surface area contributed by atoms with Crippen molar-refractivity contribution in [2.75, 3.05) is 0 Å². The van der Waals surface area contributed by atoms with E-state index in [2.05, 4.69) is 65.4 Å². The lowest BCUT2D eigenvalue weighted by atomic mass is 9.63. The highest BCUT2D eigenvalue weighted by atomic mass is 16.5. The summed E-state index contributed by atoms with van der Waals surface area (Å²) in [5.41, 5.74) is 5.45. The average Bonchev–Trinajstić information content (AvgIpc) is 1.16. The molecule has 12 rings (SSSR count). The maximum absolute atomic E-state index is 10.2. The van der Waals surface area contributed by atoms with E-state index in [1.54, 1.807) is 51.6 Å². The van der Waals surface area contributed by atoms with Crippen molar-refractivity contribution in [1.29, 1.82) is 0 Å². The summed E-state index contributed by atoms with van der Waals surface area (Å²) in [5, 5.41) is 1.75. The highest BCUT2D eigenvalue weighted by molar-refractivity contribution is 6.11. The predicted octanol–water partition coefficient (Wildman–Crippen LogP) is 16.6. The number of imidazole rings is 1. The molecule has 71 heavy (non-hydrogen) atoms. The van der Waals surface area contributed by atoms with E-state index in [0.717, 1.165) is 51.3 Å². The van der Waals surface area contributed by atoms with E-state index in [9.17, 15) is 4.11 Å². The molecule has 0 fully saturated rings. The number of rotatable bonds is 8. The first kappa shape index (κ1) is 32.0. The zero-order chi connectivity index (χ0) is 60.0. The zero-order valence-corrected chi connectivity index (χ0v) is 40.7. The predicted molar refractivity (Wildman–Crippen MR) is 293 cm³/mol. The van der Waals surface area contributed by atoms with Gasteiger partial charge in [0.1, 0.15) is 17.3 Å². The summed E-state index contributed by atoms with van der Waals surface area (Å²) < 4.78 is 131. The van der Waals surface area contributed by atoms with Crippen LogP contribution in [-0.2, 0) is 16.2 Å². The van der Waals surface area contributed by atoms with Crippen LogP contribution < -0.4 is 9.30 Å². The fourth-order valence-electron chi connectivity index (χ4n) is 10.1. The molecule has 0 radical (unpaired) electrons. The van der Waals surface area contributed by atoms with Gasteiger partial charge in [-0.25, -0.2) is 4.98 Å². The number of aromatic nitrogens is 4. The Morgan fingerprint density at radius 3 is 1.99 bits per heavy atom. The van der Waals surface area contributed by atoms with Gasteiger partial charge in [0, 0.05) is 28.6 Å². The monoisotopic (exact) mass is 936 g/mol. The van der Waals surface area contributed by atoms with Gasteiger partial charge in [-0.2, -0.15) is 0 Å². The molecule has 3 aromatic heterocycles. The molecule has 0 saturated heterocycles. The minimum absolute atomic E-state index is 0.0735. The second kappa shape index (κ2) is 16.8. The summed E-state index contributed by atoms with van der Waals surface area (Å²) >= 11 is 0. The maximum Gasteiger partial charge on any atom is 0.269 e. The number of pyridine rings is 1. The Labute approximate surface area is 435 Å². The summed E-state index contributed by atoms with van der Waals surface area (Å²) in [7, 11) is 0. The topological polar surface area (TPSA) is 35.9 Å². The number of nitrogens with zero attached hydrogens (tertiary/aromatic N) is 4. The lowest BCUT2D eigenvalue weighted by molar-refractivity contribution is -0.571. The zero-order valence-electron chi connectivity index (χ0n) is 53.7. The SMILES string of the molecule is [2H]c1c([2H])c([2H])c(-c2cccc(-c3c([2H])c([2H])c([2H])c([2H])c3[2H])c2-[n+]2[c-]n(-c3cccc(Oc4cc5c(cc4-c4c([2H])c([2H])c6c(c4[2H])C(C)(C)CCC6(C)C)c4ccccc4n5-c4cc(C(C)(C)C)ccn4)c3)c3ccccc32)c([2H])c1[2H]. The van der Waals surface area contributed by atoms with Crippen LogP contribution in [0.15, 0.2) is 200 Å². The molecule has 0 unspecified atom stereocenters. The van der Waals surface area contributed by atoms with Crippen LogP contribution in [0, 0.1) is 6.33 Å². The number of benzene rings is 8. The van der Waals surface area contributed by atoms with Crippen molar-refractivity contribution in [3.05, 3.63) is 223 Å². The molecule has 1 aliphatic rings. The molecule has 11 aromatic rings. The Balaban J connectivity index is 1.11. The molecule has 5 nitrogen and oxygen atoms in total.